The predicted octanol–water partition coefficient (Wildman–Crippen LogP) is 10.9. The number of nitrogens with zero attached hydrogens (tertiary/aromatic N) is 1. The summed E-state index contributed by atoms with van der Waals surface area (Å²) in [6.45, 7) is 13.3. The van der Waals surface area contributed by atoms with Crippen molar-refractivity contribution in [3.63, 3.8) is 0 Å². The normalized spacial score (nSPS) is 20.0. The molecule has 0 aliphatic heterocycles. The third-order valence-electron chi connectivity index (χ3n) is 9.83. The van der Waals surface area contributed by atoms with Gasteiger partial charge in [0.1, 0.15) is 5.75 Å². The van der Waals surface area contributed by atoms with Gasteiger partial charge in [0.05, 0.1) is 6.61 Å². The monoisotopic (exact) mass is 587 g/mol. The molecule has 2 aliphatic carbocycles. The predicted molar refractivity (Wildman–Crippen MR) is 189 cm³/mol. The van der Waals surface area contributed by atoms with E-state index in [0.717, 1.165) is 43.9 Å². The van der Waals surface area contributed by atoms with E-state index in [2.05, 4.69) is 116 Å². The first-order valence-corrected chi connectivity index (χ1v) is 17.2. The number of hydrogen-bond donors (Lipinski definition) is 0. The molecule has 44 heavy (non-hydrogen) atoms. The molecular formula is C42H53NO. The molecule has 3 aromatic rings. The minimum Gasteiger partial charge on any atom is -0.493 e. The average molecular weight is 588 g/mol. The van der Waals surface area contributed by atoms with Gasteiger partial charge in [-0.1, -0.05) is 97.1 Å². The van der Waals surface area contributed by atoms with Crippen LogP contribution in [0.2, 0.25) is 0 Å². The molecule has 0 amide bonds. The Bertz CT molecular complexity index is 1360. The topological polar surface area (TPSA) is 12.5 Å². The Morgan fingerprint density at radius 2 is 1.70 bits per heavy atom. The van der Waals surface area contributed by atoms with Crippen LogP contribution in [0.3, 0.4) is 0 Å². The van der Waals surface area contributed by atoms with Crippen molar-refractivity contribution in [2.24, 2.45) is 11.8 Å². The molecule has 0 saturated heterocycles. The van der Waals surface area contributed by atoms with Crippen LogP contribution in [0.25, 0.3) is 11.6 Å². The summed E-state index contributed by atoms with van der Waals surface area (Å²) in [5, 5.41) is 0. The Labute approximate surface area is 267 Å². The maximum absolute atomic E-state index is 6.57. The zero-order chi connectivity index (χ0) is 30.6. The first-order valence-electron chi connectivity index (χ1n) is 17.2. The van der Waals surface area contributed by atoms with Gasteiger partial charge in [0.25, 0.3) is 0 Å². The van der Waals surface area contributed by atoms with Gasteiger partial charge in [-0.15, -0.1) is 6.58 Å². The molecule has 0 aromatic heterocycles. The summed E-state index contributed by atoms with van der Waals surface area (Å²) in [4.78, 5) is 2.77. The van der Waals surface area contributed by atoms with Gasteiger partial charge in [-0.05, 0) is 130 Å². The number of benzene rings is 3. The molecule has 2 heteroatoms. The van der Waals surface area contributed by atoms with Crippen LogP contribution in [0, 0.1) is 11.8 Å². The van der Waals surface area contributed by atoms with Crippen LogP contribution in [0.5, 0.6) is 5.75 Å². The molecule has 2 aliphatic rings. The molecule has 232 valence electrons. The molecule has 0 spiro atoms. The molecule has 2 nitrogen and oxygen atoms in total. The van der Waals surface area contributed by atoms with Crippen molar-refractivity contribution in [1.82, 2.24) is 4.90 Å². The van der Waals surface area contributed by atoms with Gasteiger partial charge in [0.2, 0.25) is 0 Å². The maximum Gasteiger partial charge on any atom is 0.122 e. The number of hydrogen-bond acceptors (Lipinski definition) is 2. The Morgan fingerprint density at radius 3 is 2.50 bits per heavy atom. The SMILES string of the molecule is C=CCCCCN(CCc1ccccc1OCC1CCC(/C=C/c2ccccc2)CC1)C1CCCc2cc(C(=C)C)ccc21. The van der Waals surface area contributed by atoms with Crippen molar-refractivity contribution in [3.05, 3.63) is 126 Å². The first-order chi connectivity index (χ1) is 21.6. The van der Waals surface area contributed by atoms with E-state index < -0.39 is 0 Å². The van der Waals surface area contributed by atoms with Crippen molar-refractivity contribution in [1.29, 1.82) is 0 Å². The molecule has 0 N–H and O–H groups in total. The van der Waals surface area contributed by atoms with Crippen molar-refractivity contribution >= 4 is 11.6 Å². The summed E-state index contributed by atoms with van der Waals surface area (Å²) in [5.41, 5.74) is 8.13. The fraction of sp³-hybridized carbons (Fsp3) is 0.429. The van der Waals surface area contributed by atoms with Gasteiger partial charge in [0, 0.05) is 12.6 Å². The smallest absolute Gasteiger partial charge is 0.122 e. The lowest BCUT2D eigenvalue weighted by atomic mass is 9.82. The standard InChI is InChI=1S/C42H53NO/c1-4-5-6-12-29-43(41-18-13-17-39-31-38(33(2)3)26-27-40(39)41)30-28-37-16-10-11-19-42(37)44-32-36-24-22-35(23-25-36)21-20-34-14-8-7-9-15-34/h4,7-11,14-16,19-21,26-27,31,35-36,41H,1-2,5-6,12-13,17-18,22-25,28-30,32H2,3H3/b21-20+. The van der Waals surface area contributed by atoms with Crippen LogP contribution < -0.4 is 4.74 Å². The van der Waals surface area contributed by atoms with Crippen molar-refractivity contribution < 1.29 is 4.74 Å². The van der Waals surface area contributed by atoms with Gasteiger partial charge in [-0.25, -0.2) is 0 Å². The number of unbranched alkanes of at least 4 members (excludes halogenated alkanes) is 2. The van der Waals surface area contributed by atoms with Gasteiger partial charge in [-0.2, -0.15) is 0 Å². The second-order valence-electron chi connectivity index (χ2n) is 13.1. The molecule has 3 aromatic carbocycles. The minimum atomic E-state index is 0.487. The highest BCUT2D eigenvalue weighted by Crippen LogP contribution is 2.37. The van der Waals surface area contributed by atoms with Crippen LogP contribution >= 0.6 is 0 Å². The van der Waals surface area contributed by atoms with E-state index in [1.165, 1.54) is 85.6 Å². The van der Waals surface area contributed by atoms with E-state index in [9.17, 15) is 0 Å². The summed E-state index contributed by atoms with van der Waals surface area (Å²) >= 11 is 0. The summed E-state index contributed by atoms with van der Waals surface area (Å²) < 4.78 is 6.57. The molecule has 0 bridgehead atoms. The number of allylic oxidation sites excluding steroid dienone is 3. The number of ether oxygens (including phenoxy) is 1. The van der Waals surface area contributed by atoms with Crippen LogP contribution in [-0.4, -0.2) is 24.6 Å². The van der Waals surface area contributed by atoms with Gasteiger partial charge in [-0.3, -0.25) is 4.90 Å². The number of rotatable bonds is 15. The fourth-order valence-electron chi connectivity index (χ4n) is 7.14. The van der Waals surface area contributed by atoms with Crippen LogP contribution in [0.4, 0.5) is 0 Å². The van der Waals surface area contributed by atoms with Crippen molar-refractivity contribution in [2.45, 2.75) is 83.6 Å². The Morgan fingerprint density at radius 1 is 0.909 bits per heavy atom. The molecule has 0 heterocycles. The average Bonchev–Trinajstić information content (AvgIpc) is 3.07. The van der Waals surface area contributed by atoms with Crippen molar-refractivity contribution in [3.8, 4) is 5.75 Å². The maximum atomic E-state index is 6.57. The lowest BCUT2D eigenvalue weighted by Gasteiger charge is -2.36. The molecule has 1 atom stereocenters. The molecule has 1 saturated carbocycles. The van der Waals surface area contributed by atoms with E-state index in [1.807, 2.05) is 0 Å². The lowest BCUT2D eigenvalue weighted by Crippen LogP contribution is -2.34. The highest BCUT2D eigenvalue weighted by Gasteiger charge is 2.26. The third-order valence-corrected chi connectivity index (χ3v) is 9.83. The van der Waals surface area contributed by atoms with E-state index in [-0.39, 0.29) is 0 Å². The van der Waals surface area contributed by atoms with Crippen molar-refractivity contribution in [2.75, 3.05) is 19.7 Å². The largest absolute Gasteiger partial charge is 0.493 e. The number of para-hydroxylation sites is 1. The Kier molecular flexibility index (Phi) is 12.1. The minimum absolute atomic E-state index is 0.487. The van der Waals surface area contributed by atoms with Gasteiger partial charge in [0.15, 0.2) is 0 Å². The van der Waals surface area contributed by atoms with E-state index in [4.69, 9.17) is 4.74 Å². The number of fused-ring (bicyclic) bond motifs is 1. The Balaban J connectivity index is 1.18. The van der Waals surface area contributed by atoms with Crippen LogP contribution in [-0.2, 0) is 12.8 Å². The zero-order valence-corrected chi connectivity index (χ0v) is 27.1. The second kappa shape index (κ2) is 16.6. The molecule has 0 radical (unpaired) electrons. The molecule has 1 unspecified atom stereocenters. The first kappa shape index (κ1) is 32.0. The zero-order valence-electron chi connectivity index (χ0n) is 27.1. The Hall–Kier alpha value is -3.36. The quantitative estimate of drug-likeness (QED) is 0.130. The van der Waals surface area contributed by atoms with Gasteiger partial charge < -0.3 is 4.74 Å². The van der Waals surface area contributed by atoms with E-state index in [1.54, 1.807) is 0 Å². The highest BCUT2D eigenvalue weighted by atomic mass is 16.5. The van der Waals surface area contributed by atoms with E-state index >= 15 is 0 Å². The highest BCUT2D eigenvalue weighted by molar-refractivity contribution is 5.63. The second-order valence-corrected chi connectivity index (χ2v) is 13.1. The van der Waals surface area contributed by atoms with Crippen LogP contribution in [0.1, 0.15) is 98.6 Å². The van der Waals surface area contributed by atoms with E-state index in [0.29, 0.717) is 17.9 Å². The van der Waals surface area contributed by atoms with Gasteiger partial charge >= 0.3 is 0 Å². The lowest BCUT2D eigenvalue weighted by molar-refractivity contribution is 0.174. The molecule has 1 fully saturated rings. The summed E-state index contributed by atoms with van der Waals surface area (Å²) in [6.07, 6.45) is 20.0. The summed E-state index contributed by atoms with van der Waals surface area (Å²) in [5.74, 6) is 2.42. The summed E-state index contributed by atoms with van der Waals surface area (Å²) in [7, 11) is 0. The third kappa shape index (κ3) is 9.08. The number of aryl methyl sites for hydroxylation is 1. The van der Waals surface area contributed by atoms with Crippen LogP contribution in [0.15, 0.2) is 98.1 Å². The summed E-state index contributed by atoms with van der Waals surface area (Å²) in [6, 6.07) is 27.0. The molecular weight excluding hydrogens is 534 g/mol. The molecule has 5 rings (SSSR count). The fourth-order valence-corrected chi connectivity index (χ4v) is 7.14.